The molecule has 0 bridgehead atoms. The van der Waals surface area contributed by atoms with E-state index in [0.717, 1.165) is 39.3 Å². The Labute approximate surface area is 128 Å². The van der Waals surface area contributed by atoms with Gasteiger partial charge in [0.05, 0.1) is 6.04 Å². The lowest BCUT2D eigenvalue weighted by molar-refractivity contribution is -0.136. The van der Waals surface area contributed by atoms with Crippen molar-refractivity contribution >= 4 is 5.91 Å². The van der Waals surface area contributed by atoms with E-state index in [1.54, 1.807) is 0 Å². The minimum Gasteiger partial charge on any atom is -0.339 e. The molecule has 3 fully saturated rings. The van der Waals surface area contributed by atoms with Crippen molar-refractivity contribution in [3.8, 4) is 0 Å². The van der Waals surface area contributed by atoms with E-state index in [4.69, 9.17) is 0 Å². The van der Waals surface area contributed by atoms with Gasteiger partial charge in [0.25, 0.3) is 0 Å². The Kier molecular flexibility index (Phi) is 5.14. The third-order valence-corrected chi connectivity index (χ3v) is 5.44. The number of likely N-dealkylation sites (tertiary alicyclic amines) is 2. The highest BCUT2D eigenvalue weighted by molar-refractivity contribution is 5.81. The highest BCUT2D eigenvalue weighted by atomic mass is 16.2. The normalized spacial score (nSPS) is 30.5. The molecule has 0 aromatic rings. The van der Waals surface area contributed by atoms with Crippen LogP contribution in [-0.2, 0) is 4.79 Å². The maximum atomic E-state index is 12.6. The van der Waals surface area contributed by atoms with Gasteiger partial charge in [0.15, 0.2) is 0 Å². The molecule has 1 amide bonds. The van der Waals surface area contributed by atoms with Crippen molar-refractivity contribution in [1.29, 1.82) is 0 Å². The van der Waals surface area contributed by atoms with Crippen LogP contribution in [0.1, 0.15) is 32.6 Å². The van der Waals surface area contributed by atoms with Gasteiger partial charge in [0.1, 0.15) is 0 Å². The van der Waals surface area contributed by atoms with E-state index < -0.39 is 0 Å². The molecule has 0 aromatic heterocycles. The number of carbonyl (C=O) groups excluding carboxylic acids is 1. The summed E-state index contributed by atoms with van der Waals surface area (Å²) >= 11 is 0. The number of piperidine rings is 1. The summed E-state index contributed by atoms with van der Waals surface area (Å²) in [6, 6.07) is 0.737. The molecular weight excluding hydrogens is 264 g/mol. The number of hydrogen-bond acceptors (Lipinski definition) is 4. The topological polar surface area (TPSA) is 38.8 Å². The Hall–Kier alpha value is -0.650. The molecule has 3 saturated heterocycles. The molecule has 3 heterocycles. The smallest absolute Gasteiger partial charge is 0.239 e. The predicted octanol–water partition coefficient (Wildman–Crippen LogP) is 0.367. The van der Waals surface area contributed by atoms with Crippen LogP contribution >= 0.6 is 0 Å². The molecule has 0 radical (unpaired) electrons. The molecule has 3 aliphatic rings. The van der Waals surface area contributed by atoms with Gasteiger partial charge in [-0.15, -0.1) is 0 Å². The van der Waals surface area contributed by atoms with Crippen molar-refractivity contribution in [3.05, 3.63) is 0 Å². The van der Waals surface area contributed by atoms with Crippen molar-refractivity contribution < 1.29 is 4.79 Å². The van der Waals surface area contributed by atoms with Crippen LogP contribution in [0, 0.1) is 0 Å². The summed E-state index contributed by atoms with van der Waals surface area (Å²) in [6.07, 6.45) is 5.33. The first-order valence-corrected chi connectivity index (χ1v) is 8.73. The SMILES string of the molecule is CC(C(=O)N1CCNCC1)N1CCC(N2CCCCC2)C1. The first-order valence-electron chi connectivity index (χ1n) is 8.73. The lowest BCUT2D eigenvalue weighted by Gasteiger charge is -2.34. The number of piperazine rings is 1. The fourth-order valence-corrected chi connectivity index (χ4v) is 4.01. The second kappa shape index (κ2) is 7.07. The second-order valence-corrected chi connectivity index (χ2v) is 6.79. The van der Waals surface area contributed by atoms with Gasteiger partial charge >= 0.3 is 0 Å². The van der Waals surface area contributed by atoms with E-state index in [1.165, 1.54) is 38.8 Å². The molecule has 0 aromatic carbocycles. The number of nitrogens with one attached hydrogen (secondary N) is 1. The van der Waals surface area contributed by atoms with E-state index in [9.17, 15) is 4.79 Å². The van der Waals surface area contributed by atoms with Gasteiger partial charge in [-0.1, -0.05) is 6.42 Å². The number of rotatable bonds is 3. The fourth-order valence-electron chi connectivity index (χ4n) is 4.01. The summed E-state index contributed by atoms with van der Waals surface area (Å²) in [4.78, 5) is 19.7. The maximum Gasteiger partial charge on any atom is 0.239 e. The van der Waals surface area contributed by atoms with Crippen LogP contribution < -0.4 is 5.32 Å². The van der Waals surface area contributed by atoms with Crippen molar-refractivity contribution in [1.82, 2.24) is 20.0 Å². The largest absolute Gasteiger partial charge is 0.339 e. The van der Waals surface area contributed by atoms with E-state index in [2.05, 4.69) is 22.0 Å². The Morgan fingerprint density at radius 2 is 1.76 bits per heavy atom. The van der Waals surface area contributed by atoms with Crippen LogP contribution in [0.2, 0.25) is 0 Å². The molecule has 2 unspecified atom stereocenters. The second-order valence-electron chi connectivity index (χ2n) is 6.79. The van der Waals surface area contributed by atoms with Gasteiger partial charge in [-0.05, 0) is 39.3 Å². The first kappa shape index (κ1) is 15.3. The monoisotopic (exact) mass is 294 g/mol. The maximum absolute atomic E-state index is 12.6. The van der Waals surface area contributed by atoms with E-state index in [0.29, 0.717) is 11.9 Å². The Balaban J connectivity index is 1.51. The van der Waals surface area contributed by atoms with Crippen LogP contribution in [0.5, 0.6) is 0 Å². The molecule has 1 N–H and O–H groups in total. The highest BCUT2D eigenvalue weighted by Crippen LogP contribution is 2.22. The molecular formula is C16H30N4O. The van der Waals surface area contributed by atoms with Crippen molar-refractivity contribution in [3.63, 3.8) is 0 Å². The van der Waals surface area contributed by atoms with Crippen LogP contribution in [0.25, 0.3) is 0 Å². The molecule has 5 heteroatoms. The van der Waals surface area contributed by atoms with Gasteiger partial charge in [-0.25, -0.2) is 0 Å². The lowest BCUT2D eigenvalue weighted by Crippen LogP contribution is -2.53. The van der Waals surface area contributed by atoms with Crippen LogP contribution in [0.15, 0.2) is 0 Å². The summed E-state index contributed by atoms with van der Waals surface area (Å²) in [5.41, 5.74) is 0. The molecule has 2 atom stereocenters. The molecule has 0 spiro atoms. The molecule has 120 valence electrons. The highest BCUT2D eigenvalue weighted by Gasteiger charge is 2.34. The molecule has 3 aliphatic heterocycles. The number of nitrogens with zero attached hydrogens (tertiary/aromatic N) is 3. The van der Waals surface area contributed by atoms with E-state index in [1.807, 2.05) is 4.90 Å². The van der Waals surface area contributed by atoms with Crippen LogP contribution in [-0.4, -0.2) is 85.0 Å². The minimum absolute atomic E-state index is 0.0536. The summed E-state index contributed by atoms with van der Waals surface area (Å²) in [5, 5.41) is 3.31. The van der Waals surface area contributed by atoms with Gasteiger partial charge in [0.2, 0.25) is 5.91 Å². The summed E-state index contributed by atoms with van der Waals surface area (Å²) in [6.45, 7) is 10.4. The van der Waals surface area contributed by atoms with Gasteiger partial charge in [-0.3, -0.25) is 14.6 Å². The standard InChI is InChI=1S/C16H30N4O/c1-14(16(21)19-11-6-17-7-12-19)20-10-5-15(13-20)18-8-3-2-4-9-18/h14-15,17H,2-13H2,1H3. The molecule has 0 aliphatic carbocycles. The molecule has 5 nitrogen and oxygen atoms in total. The van der Waals surface area contributed by atoms with Crippen LogP contribution in [0.3, 0.4) is 0 Å². The third kappa shape index (κ3) is 3.58. The zero-order chi connectivity index (χ0) is 14.7. The number of amides is 1. The Bertz CT molecular complexity index is 350. The fraction of sp³-hybridized carbons (Fsp3) is 0.938. The lowest BCUT2D eigenvalue weighted by atomic mass is 10.1. The van der Waals surface area contributed by atoms with Crippen molar-refractivity contribution in [2.45, 2.75) is 44.7 Å². The van der Waals surface area contributed by atoms with Crippen LogP contribution in [0.4, 0.5) is 0 Å². The average Bonchev–Trinajstić information content (AvgIpc) is 3.05. The molecule has 21 heavy (non-hydrogen) atoms. The predicted molar refractivity (Wildman–Crippen MR) is 84.3 cm³/mol. The van der Waals surface area contributed by atoms with Gasteiger partial charge in [0, 0.05) is 45.3 Å². The average molecular weight is 294 g/mol. The Morgan fingerprint density at radius 1 is 1.05 bits per heavy atom. The zero-order valence-corrected chi connectivity index (χ0v) is 13.4. The quantitative estimate of drug-likeness (QED) is 0.816. The Morgan fingerprint density at radius 3 is 2.48 bits per heavy atom. The van der Waals surface area contributed by atoms with Gasteiger partial charge in [-0.2, -0.15) is 0 Å². The van der Waals surface area contributed by atoms with Crippen molar-refractivity contribution in [2.24, 2.45) is 0 Å². The third-order valence-electron chi connectivity index (χ3n) is 5.44. The zero-order valence-electron chi connectivity index (χ0n) is 13.4. The summed E-state index contributed by atoms with van der Waals surface area (Å²) in [5.74, 6) is 0.329. The molecule has 3 rings (SSSR count). The summed E-state index contributed by atoms with van der Waals surface area (Å²) < 4.78 is 0. The molecule has 0 saturated carbocycles. The number of carbonyl (C=O) groups is 1. The van der Waals surface area contributed by atoms with Crippen molar-refractivity contribution in [2.75, 3.05) is 52.4 Å². The minimum atomic E-state index is 0.0536. The van der Waals surface area contributed by atoms with E-state index >= 15 is 0 Å². The van der Waals surface area contributed by atoms with E-state index in [-0.39, 0.29) is 6.04 Å². The number of hydrogen-bond donors (Lipinski definition) is 1. The summed E-state index contributed by atoms with van der Waals surface area (Å²) in [7, 11) is 0. The van der Waals surface area contributed by atoms with Gasteiger partial charge < -0.3 is 10.2 Å². The first-order chi connectivity index (χ1) is 10.3.